The minimum atomic E-state index is 0.586. The van der Waals surface area contributed by atoms with Gasteiger partial charge in [0.05, 0.1) is 0 Å². The smallest absolute Gasteiger partial charge is 0.0236 e. The molecule has 0 aliphatic heterocycles. The van der Waals surface area contributed by atoms with Gasteiger partial charge in [0, 0.05) is 0 Å². The van der Waals surface area contributed by atoms with Crippen LogP contribution in [0.3, 0.4) is 0 Å². The fourth-order valence-electron chi connectivity index (χ4n) is 2.60. The lowest BCUT2D eigenvalue weighted by molar-refractivity contribution is 0.205. The first kappa shape index (κ1) is 9.09. The monoisotopic (exact) mass is 153 g/mol. The lowest BCUT2D eigenvalue weighted by atomic mass is 9.67. The van der Waals surface area contributed by atoms with Gasteiger partial charge in [0.2, 0.25) is 0 Å². The Morgan fingerprint density at radius 3 is 2.55 bits per heavy atom. The molecule has 1 atom stereocenters. The van der Waals surface area contributed by atoms with Crippen molar-refractivity contribution in [3.63, 3.8) is 0 Å². The van der Waals surface area contributed by atoms with E-state index in [9.17, 15) is 0 Å². The van der Waals surface area contributed by atoms with Crippen LogP contribution in [0.15, 0.2) is 0 Å². The molecule has 0 aromatic rings. The third-order valence-electron chi connectivity index (χ3n) is 2.77. The van der Waals surface area contributed by atoms with Crippen LogP contribution in [-0.2, 0) is 0 Å². The van der Waals surface area contributed by atoms with Gasteiger partial charge in [0.25, 0.3) is 0 Å². The Morgan fingerprint density at radius 1 is 1.45 bits per heavy atom. The molecule has 0 N–H and O–H groups in total. The van der Waals surface area contributed by atoms with Crippen LogP contribution in [0.5, 0.6) is 0 Å². The zero-order valence-corrected chi connectivity index (χ0v) is 8.41. The predicted molar refractivity (Wildman–Crippen MR) is 50.3 cm³/mol. The molecular weight excluding hydrogens is 132 g/mol. The van der Waals surface area contributed by atoms with Gasteiger partial charge in [-0.2, -0.15) is 0 Å². The van der Waals surface area contributed by atoms with Gasteiger partial charge < -0.3 is 0 Å². The van der Waals surface area contributed by atoms with Crippen LogP contribution in [0, 0.1) is 17.3 Å². The van der Waals surface area contributed by atoms with E-state index in [4.69, 9.17) is 0 Å². The van der Waals surface area contributed by atoms with Crippen molar-refractivity contribution in [3.8, 4) is 0 Å². The first-order valence-electron chi connectivity index (χ1n) is 4.87. The van der Waals surface area contributed by atoms with Crippen molar-refractivity contribution in [2.75, 3.05) is 0 Å². The summed E-state index contributed by atoms with van der Waals surface area (Å²) in [6.45, 7) is 9.48. The topological polar surface area (TPSA) is 0 Å². The summed E-state index contributed by atoms with van der Waals surface area (Å²) >= 11 is 0. The Balaban J connectivity index is 2.51. The molecule has 0 saturated heterocycles. The van der Waals surface area contributed by atoms with Crippen molar-refractivity contribution < 1.29 is 0 Å². The molecule has 0 heterocycles. The van der Waals surface area contributed by atoms with Crippen LogP contribution in [-0.4, -0.2) is 0 Å². The summed E-state index contributed by atoms with van der Waals surface area (Å²) in [6.07, 6.45) is 5.47. The standard InChI is InChI=1S/C11H21/c1-5-10-6-9(2)7-11(3,4)8-10/h9H,5-8H2,1-4H3/t9-/m1/s1. The van der Waals surface area contributed by atoms with Crippen molar-refractivity contribution in [1.29, 1.82) is 0 Å². The highest BCUT2D eigenvalue weighted by Gasteiger charge is 2.30. The van der Waals surface area contributed by atoms with Crippen LogP contribution in [0.1, 0.15) is 53.4 Å². The van der Waals surface area contributed by atoms with Crippen LogP contribution in [0.25, 0.3) is 0 Å². The first-order chi connectivity index (χ1) is 5.03. The van der Waals surface area contributed by atoms with Gasteiger partial charge in [-0.25, -0.2) is 0 Å². The minimum Gasteiger partial charge on any atom is -0.0648 e. The molecule has 11 heavy (non-hydrogen) atoms. The zero-order valence-electron chi connectivity index (χ0n) is 8.41. The van der Waals surface area contributed by atoms with Crippen LogP contribution in [0.2, 0.25) is 0 Å². The Labute approximate surface area is 71.4 Å². The largest absolute Gasteiger partial charge is 0.0648 e. The van der Waals surface area contributed by atoms with E-state index in [1.807, 2.05) is 0 Å². The lowest BCUT2D eigenvalue weighted by Crippen LogP contribution is -2.26. The van der Waals surface area contributed by atoms with Gasteiger partial charge in [0.1, 0.15) is 0 Å². The highest BCUT2D eigenvalue weighted by Crippen LogP contribution is 2.43. The Morgan fingerprint density at radius 2 is 2.09 bits per heavy atom. The molecule has 1 saturated carbocycles. The molecule has 0 nitrogen and oxygen atoms in total. The molecule has 1 aliphatic rings. The quantitative estimate of drug-likeness (QED) is 0.537. The molecule has 0 aromatic carbocycles. The molecule has 1 fully saturated rings. The Bertz CT molecular complexity index is 124. The van der Waals surface area contributed by atoms with Crippen molar-refractivity contribution in [2.45, 2.75) is 53.4 Å². The van der Waals surface area contributed by atoms with Gasteiger partial charge in [-0.1, -0.05) is 27.7 Å². The van der Waals surface area contributed by atoms with Gasteiger partial charge in [-0.05, 0) is 42.9 Å². The second-order valence-corrected chi connectivity index (χ2v) is 4.96. The third kappa shape index (κ3) is 2.50. The summed E-state index contributed by atoms with van der Waals surface area (Å²) in [5.41, 5.74) is 0.586. The maximum Gasteiger partial charge on any atom is -0.0236 e. The second-order valence-electron chi connectivity index (χ2n) is 4.96. The van der Waals surface area contributed by atoms with Crippen LogP contribution >= 0.6 is 0 Å². The van der Waals surface area contributed by atoms with Crippen molar-refractivity contribution in [2.24, 2.45) is 11.3 Å². The fraction of sp³-hybridized carbons (Fsp3) is 0.909. The SMILES string of the molecule is CC[C]1C[C@@H](C)CC(C)(C)C1. The molecule has 1 rings (SSSR count). The summed E-state index contributed by atoms with van der Waals surface area (Å²) in [6, 6.07) is 0. The number of hydrogen-bond acceptors (Lipinski definition) is 0. The van der Waals surface area contributed by atoms with Crippen LogP contribution < -0.4 is 0 Å². The Hall–Kier alpha value is 0. The molecule has 1 aliphatic carbocycles. The van der Waals surface area contributed by atoms with Crippen molar-refractivity contribution in [3.05, 3.63) is 5.92 Å². The molecule has 0 unspecified atom stereocenters. The molecule has 0 spiro atoms. The van der Waals surface area contributed by atoms with E-state index in [1.54, 1.807) is 5.92 Å². The van der Waals surface area contributed by atoms with Crippen molar-refractivity contribution in [1.82, 2.24) is 0 Å². The van der Waals surface area contributed by atoms with E-state index in [2.05, 4.69) is 27.7 Å². The normalized spacial score (nSPS) is 32.2. The summed E-state index contributed by atoms with van der Waals surface area (Å²) in [4.78, 5) is 0. The summed E-state index contributed by atoms with van der Waals surface area (Å²) < 4.78 is 0. The zero-order chi connectivity index (χ0) is 8.48. The molecule has 0 amide bonds. The van der Waals surface area contributed by atoms with Gasteiger partial charge in [0.15, 0.2) is 0 Å². The van der Waals surface area contributed by atoms with Crippen molar-refractivity contribution >= 4 is 0 Å². The van der Waals surface area contributed by atoms with E-state index in [-0.39, 0.29) is 0 Å². The summed E-state index contributed by atoms with van der Waals surface area (Å²) in [5.74, 6) is 2.71. The third-order valence-corrected chi connectivity index (χ3v) is 2.77. The van der Waals surface area contributed by atoms with E-state index >= 15 is 0 Å². The molecule has 65 valence electrons. The maximum atomic E-state index is 2.40. The molecule has 0 aromatic heterocycles. The average molecular weight is 153 g/mol. The molecule has 0 heteroatoms. The van der Waals surface area contributed by atoms with Gasteiger partial charge >= 0.3 is 0 Å². The molecule has 0 bridgehead atoms. The average Bonchev–Trinajstić information content (AvgIpc) is 1.83. The summed E-state index contributed by atoms with van der Waals surface area (Å²) in [7, 11) is 0. The molecular formula is C11H21. The van der Waals surface area contributed by atoms with Gasteiger partial charge in [-0.15, -0.1) is 0 Å². The fourth-order valence-corrected chi connectivity index (χ4v) is 2.60. The van der Waals surface area contributed by atoms with E-state index in [1.165, 1.54) is 25.7 Å². The predicted octanol–water partition coefficient (Wildman–Crippen LogP) is 3.82. The highest BCUT2D eigenvalue weighted by atomic mass is 14.4. The number of rotatable bonds is 1. The summed E-state index contributed by atoms with van der Waals surface area (Å²) in [5, 5.41) is 0. The minimum absolute atomic E-state index is 0.586. The van der Waals surface area contributed by atoms with Gasteiger partial charge in [-0.3, -0.25) is 0 Å². The number of hydrogen-bond donors (Lipinski definition) is 0. The van der Waals surface area contributed by atoms with E-state index < -0.39 is 0 Å². The highest BCUT2D eigenvalue weighted by molar-refractivity contribution is 4.99. The Kier molecular flexibility index (Phi) is 2.61. The maximum absolute atomic E-state index is 2.40. The second kappa shape index (κ2) is 3.16. The molecule has 1 radical (unpaired) electrons. The van der Waals surface area contributed by atoms with Crippen LogP contribution in [0.4, 0.5) is 0 Å². The lowest BCUT2D eigenvalue weighted by Gasteiger charge is -2.38. The first-order valence-corrected chi connectivity index (χ1v) is 4.87. The van der Waals surface area contributed by atoms with E-state index in [0.29, 0.717) is 5.41 Å². The van der Waals surface area contributed by atoms with E-state index in [0.717, 1.165) is 5.92 Å².